The summed E-state index contributed by atoms with van der Waals surface area (Å²) in [5, 5.41) is 0. The topological polar surface area (TPSA) is 53.1 Å². The van der Waals surface area contributed by atoms with E-state index in [1.54, 1.807) is 4.90 Å². The van der Waals surface area contributed by atoms with Crippen molar-refractivity contribution in [1.82, 2.24) is 14.7 Å². The van der Waals surface area contributed by atoms with Crippen LogP contribution in [0.3, 0.4) is 0 Å². The fourth-order valence-electron chi connectivity index (χ4n) is 5.30. The predicted octanol–water partition coefficient (Wildman–Crippen LogP) is 3.13. The number of benzene rings is 1. The zero-order chi connectivity index (χ0) is 22.2. The van der Waals surface area contributed by atoms with Crippen molar-refractivity contribution in [2.45, 2.75) is 63.3 Å². The molecule has 0 unspecified atom stereocenters. The fraction of sp³-hybridized carbons (Fsp3) is 0.667. The van der Waals surface area contributed by atoms with E-state index < -0.39 is 11.8 Å². The van der Waals surface area contributed by atoms with E-state index in [-0.39, 0.29) is 30.3 Å². The largest absolute Gasteiger partial charge is 0.353 e. The van der Waals surface area contributed by atoms with Crippen LogP contribution >= 0.6 is 0 Å². The monoisotopic (exact) mass is 431 g/mol. The molecule has 0 aromatic heterocycles. The van der Waals surface area contributed by atoms with Crippen LogP contribution < -0.4 is 0 Å². The van der Waals surface area contributed by atoms with Gasteiger partial charge >= 0.3 is 0 Å². The SMILES string of the molecule is CC1CCC2(CC1)OC[C@@H](C(=O)N(C)C1CCN(C)CC1)N2C(=O)c1ccc(F)cc1. The molecule has 3 aliphatic rings. The third-order valence-corrected chi connectivity index (χ3v) is 7.49. The molecule has 3 fully saturated rings. The molecule has 1 aromatic carbocycles. The van der Waals surface area contributed by atoms with Crippen molar-refractivity contribution in [3.8, 4) is 0 Å². The van der Waals surface area contributed by atoms with Gasteiger partial charge in [-0.15, -0.1) is 0 Å². The first-order valence-electron chi connectivity index (χ1n) is 11.5. The lowest BCUT2D eigenvalue weighted by atomic mass is 9.83. The van der Waals surface area contributed by atoms with E-state index in [1.807, 2.05) is 11.9 Å². The predicted molar refractivity (Wildman–Crippen MR) is 116 cm³/mol. The Bertz CT molecular complexity index is 799. The normalized spacial score (nSPS) is 30.0. The summed E-state index contributed by atoms with van der Waals surface area (Å²) in [6.07, 6.45) is 5.23. The van der Waals surface area contributed by atoms with E-state index in [1.165, 1.54) is 24.3 Å². The van der Waals surface area contributed by atoms with Crippen molar-refractivity contribution in [3.63, 3.8) is 0 Å². The Labute approximate surface area is 184 Å². The van der Waals surface area contributed by atoms with E-state index in [2.05, 4.69) is 18.9 Å². The molecule has 31 heavy (non-hydrogen) atoms. The van der Waals surface area contributed by atoms with Gasteiger partial charge in [0.05, 0.1) is 6.61 Å². The van der Waals surface area contributed by atoms with Crippen molar-refractivity contribution in [2.24, 2.45) is 5.92 Å². The van der Waals surface area contributed by atoms with Crippen LogP contribution in [-0.4, -0.2) is 78.1 Å². The van der Waals surface area contributed by atoms with Crippen LogP contribution in [0.4, 0.5) is 4.39 Å². The molecule has 0 radical (unpaired) electrons. The minimum Gasteiger partial charge on any atom is -0.353 e. The number of likely N-dealkylation sites (tertiary alicyclic amines) is 1. The minimum absolute atomic E-state index is 0.0551. The van der Waals surface area contributed by atoms with Gasteiger partial charge in [0.15, 0.2) is 0 Å². The lowest BCUT2D eigenvalue weighted by Crippen LogP contribution is -2.58. The van der Waals surface area contributed by atoms with Gasteiger partial charge in [0, 0.05) is 18.7 Å². The molecule has 7 heteroatoms. The van der Waals surface area contributed by atoms with Gasteiger partial charge in [-0.25, -0.2) is 4.39 Å². The van der Waals surface area contributed by atoms with E-state index in [0.717, 1.165) is 51.6 Å². The Morgan fingerprint density at radius 3 is 2.32 bits per heavy atom. The number of rotatable bonds is 3. The average Bonchev–Trinajstić information content (AvgIpc) is 3.14. The Kier molecular flexibility index (Phi) is 6.35. The van der Waals surface area contributed by atoms with Crippen molar-refractivity contribution in [1.29, 1.82) is 0 Å². The zero-order valence-corrected chi connectivity index (χ0v) is 18.8. The van der Waals surface area contributed by atoms with Crippen LogP contribution in [0, 0.1) is 11.7 Å². The first-order chi connectivity index (χ1) is 14.8. The van der Waals surface area contributed by atoms with Gasteiger partial charge in [0.25, 0.3) is 5.91 Å². The van der Waals surface area contributed by atoms with Gasteiger partial charge < -0.3 is 14.5 Å². The molecule has 1 spiro atoms. The quantitative estimate of drug-likeness (QED) is 0.738. The smallest absolute Gasteiger partial charge is 0.256 e. The lowest BCUT2D eigenvalue weighted by Gasteiger charge is -2.44. The number of hydrogen-bond acceptors (Lipinski definition) is 4. The average molecular weight is 432 g/mol. The van der Waals surface area contributed by atoms with Crippen molar-refractivity contribution in [2.75, 3.05) is 33.8 Å². The number of carbonyl (C=O) groups is 2. The number of hydrogen-bond donors (Lipinski definition) is 0. The summed E-state index contributed by atoms with van der Waals surface area (Å²) >= 11 is 0. The molecule has 6 nitrogen and oxygen atoms in total. The maximum absolute atomic E-state index is 13.6. The van der Waals surface area contributed by atoms with Crippen molar-refractivity contribution < 1.29 is 18.7 Å². The maximum atomic E-state index is 13.6. The van der Waals surface area contributed by atoms with Crippen LogP contribution in [0.25, 0.3) is 0 Å². The Balaban J connectivity index is 1.60. The number of likely N-dealkylation sites (N-methyl/N-ethyl adjacent to an activating group) is 1. The molecule has 170 valence electrons. The summed E-state index contributed by atoms with van der Waals surface area (Å²) in [7, 11) is 3.95. The van der Waals surface area contributed by atoms with Crippen molar-refractivity contribution >= 4 is 11.8 Å². The molecule has 2 heterocycles. The van der Waals surface area contributed by atoms with Gasteiger partial charge in [-0.05, 0) is 88.8 Å². The third-order valence-electron chi connectivity index (χ3n) is 7.49. The first kappa shape index (κ1) is 22.2. The summed E-state index contributed by atoms with van der Waals surface area (Å²) in [6, 6.07) is 5.11. The highest BCUT2D eigenvalue weighted by Crippen LogP contribution is 2.43. The summed E-state index contributed by atoms with van der Waals surface area (Å²) < 4.78 is 19.7. The number of nitrogens with zero attached hydrogens (tertiary/aromatic N) is 3. The second kappa shape index (κ2) is 8.87. The highest BCUT2D eigenvalue weighted by molar-refractivity contribution is 5.98. The number of carbonyl (C=O) groups excluding carboxylic acids is 2. The summed E-state index contributed by atoms with van der Waals surface area (Å²) in [5.41, 5.74) is -0.351. The van der Waals surface area contributed by atoms with E-state index in [0.29, 0.717) is 11.5 Å². The Hall–Kier alpha value is -1.99. The first-order valence-corrected chi connectivity index (χ1v) is 11.5. The molecule has 1 aliphatic carbocycles. The van der Waals surface area contributed by atoms with Gasteiger partial charge in [-0.1, -0.05) is 6.92 Å². The second-order valence-corrected chi connectivity index (χ2v) is 9.62. The van der Waals surface area contributed by atoms with Crippen LogP contribution in [0.5, 0.6) is 0 Å². The summed E-state index contributed by atoms with van der Waals surface area (Å²) in [4.78, 5) is 33.0. The molecule has 1 aromatic rings. The van der Waals surface area contributed by atoms with Crippen LogP contribution in [0.15, 0.2) is 24.3 Å². The number of halogens is 1. The summed E-state index contributed by atoms with van der Waals surface area (Å²) in [6.45, 7) is 4.36. The van der Waals surface area contributed by atoms with Gasteiger partial charge in [0.2, 0.25) is 5.91 Å². The molecular formula is C24H34FN3O3. The van der Waals surface area contributed by atoms with Crippen LogP contribution in [0.2, 0.25) is 0 Å². The fourth-order valence-corrected chi connectivity index (χ4v) is 5.30. The zero-order valence-electron chi connectivity index (χ0n) is 18.8. The second-order valence-electron chi connectivity index (χ2n) is 9.62. The maximum Gasteiger partial charge on any atom is 0.256 e. The van der Waals surface area contributed by atoms with Gasteiger partial charge in [-0.3, -0.25) is 14.5 Å². The minimum atomic E-state index is -0.744. The molecule has 2 saturated heterocycles. The number of ether oxygens (including phenoxy) is 1. The number of amides is 2. The van der Waals surface area contributed by atoms with Crippen LogP contribution in [-0.2, 0) is 9.53 Å². The molecule has 2 aliphatic heterocycles. The molecular weight excluding hydrogens is 397 g/mol. The molecule has 1 atom stereocenters. The molecule has 4 rings (SSSR count). The third kappa shape index (κ3) is 4.35. The number of piperidine rings is 1. The molecule has 0 N–H and O–H groups in total. The highest BCUT2D eigenvalue weighted by Gasteiger charge is 2.54. The van der Waals surface area contributed by atoms with E-state index >= 15 is 0 Å². The van der Waals surface area contributed by atoms with Crippen molar-refractivity contribution in [3.05, 3.63) is 35.6 Å². The highest BCUT2D eigenvalue weighted by atomic mass is 19.1. The Morgan fingerprint density at radius 2 is 1.71 bits per heavy atom. The Morgan fingerprint density at radius 1 is 1.10 bits per heavy atom. The van der Waals surface area contributed by atoms with Gasteiger partial charge in [-0.2, -0.15) is 0 Å². The molecule has 0 bridgehead atoms. The van der Waals surface area contributed by atoms with E-state index in [9.17, 15) is 14.0 Å². The molecule has 2 amide bonds. The standard InChI is InChI=1S/C24H34FN3O3/c1-17-8-12-24(13-9-17)28(22(29)18-4-6-19(25)7-5-18)21(16-31-24)23(30)27(3)20-10-14-26(2)15-11-20/h4-7,17,20-21H,8-16H2,1-3H3/t17?,21-,24?/m0/s1. The van der Waals surface area contributed by atoms with E-state index in [4.69, 9.17) is 4.74 Å². The summed E-state index contributed by atoms with van der Waals surface area (Å²) in [5.74, 6) is -0.110. The lowest BCUT2D eigenvalue weighted by molar-refractivity contribution is -0.139. The van der Waals surface area contributed by atoms with Gasteiger partial charge in [0.1, 0.15) is 17.6 Å². The van der Waals surface area contributed by atoms with Crippen LogP contribution in [0.1, 0.15) is 55.8 Å². The molecule has 1 saturated carbocycles.